The van der Waals surface area contributed by atoms with Crippen molar-refractivity contribution in [2.24, 2.45) is 0 Å². The number of anilines is 1. The SMILES string of the molecule is O=C(Nc1cccc2cc(C(=O)N3CCOCC3)cnc12)c1c(Cl)cccc1Cl. The lowest BCUT2D eigenvalue weighted by Crippen LogP contribution is -2.40. The topological polar surface area (TPSA) is 71.5 Å². The zero-order valence-electron chi connectivity index (χ0n) is 15.3. The summed E-state index contributed by atoms with van der Waals surface area (Å²) < 4.78 is 5.29. The Balaban J connectivity index is 1.63. The van der Waals surface area contributed by atoms with E-state index in [2.05, 4.69) is 10.3 Å². The molecule has 4 rings (SSSR count). The predicted octanol–water partition coefficient (Wildman–Crippen LogP) is 4.27. The van der Waals surface area contributed by atoms with Gasteiger partial charge in [-0.3, -0.25) is 14.6 Å². The Morgan fingerprint density at radius 1 is 1.03 bits per heavy atom. The first-order valence-electron chi connectivity index (χ1n) is 9.06. The minimum absolute atomic E-state index is 0.0833. The van der Waals surface area contributed by atoms with Crippen molar-refractivity contribution in [3.05, 3.63) is 69.8 Å². The van der Waals surface area contributed by atoms with Gasteiger partial charge in [0.15, 0.2) is 0 Å². The summed E-state index contributed by atoms with van der Waals surface area (Å²) in [6.07, 6.45) is 1.53. The van der Waals surface area contributed by atoms with Gasteiger partial charge in [0.05, 0.1) is 45.6 Å². The summed E-state index contributed by atoms with van der Waals surface area (Å²) in [5.41, 5.74) is 1.78. The van der Waals surface area contributed by atoms with Crippen LogP contribution in [0.2, 0.25) is 10.0 Å². The van der Waals surface area contributed by atoms with E-state index in [4.69, 9.17) is 27.9 Å². The Hall–Kier alpha value is -2.67. The monoisotopic (exact) mass is 429 g/mol. The number of ether oxygens (including phenoxy) is 1. The van der Waals surface area contributed by atoms with Crippen LogP contribution in [-0.4, -0.2) is 48.0 Å². The molecule has 0 radical (unpaired) electrons. The lowest BCUT2D eigenvalue weighted by Gasteiger charge is -2.26. The first-order valence-corrected chi connectivity index (χ1v) is 9.81. The number of morpholine rings is 1. The molecule has 0 unspecified atom stereocenters. The second-order valence-electron chi connectivity index (χ2n) is 6.56. The molecule has 29 heavy (non-hydrogen) atoms. The molecule has 1 saturated heterocycles. The highest BCUT2D eigenvalue weighted by molar-refractivity contribution is 6.40. The highest BCUT2D eigenvalue weighted by Gasteiger charge is 2.20. The maximum absolute atomic E-state index is 12.7. The molecule has 1 aliphatic heterocycles. The number of rotatable bonds is 3. The van der Waals surface area contributed by atoms with Gasteiger partial charge in [-0.1, -0.05) is 41.4 Å². The fourth-order valence-corrected chi connectivity index (χ4v) is 3.80. The van der Waals surface area contributed by atoms with Crippen LogP contribution in [0.3, 0.4) is 0 Å². The van der Waals surface area contributed by atoms with Gasteiger partial charge in [0.2, 0.25) is 0 Å². The number of nitrogens with zero attached hydrogens (tertiary/aromatic N) is 2. The number of halogens is 2. The lowest BCUT2D eigenvalue weighted by molar-refractivity contribution is 0.0302. The zero-order chi connectivity index (χ0) is 20.4. The molecule has 1 aromatic heterocycles. The van der Waals surface area contributed by atoms with Crippen LogP contribution in [-0.2, 0) is 4.74 Å². The van der Waals surface area contributed by atoms with E-state index in [1.54, 1.807) is 41.3 Å². The number of aromatic nitrogens is 1. The van der Waals surface area contributed by atoms with Crippen LogP contribution in [0.5, 0.6) is 0 Å². The molecule has 0 aliphatic carbocycles. The minimum Gasteiger partial charge on any atom is -0.378 e. The fourth-order valence-electron chi connectivity index (χ4n) is 3.23. The highest BCUT2D eigenvalue weighted by atomic mass is 35.5. The number of carbonyl (C=O) groups excluding carboxylic acids is 2. The van der Waals surface area contributed by atoms with Crippen LogP contribution < -0.4 is 5.32 Å². The maximum atomic E-state index is 12.7. The van der Waals surface area contributed by atoms with Gasteiger partial charge in [-0.15, -0.1) is 0 Å². The molecule has 3 aromatic rings. The fraction of sp³-hybridized carbons (Fsp3) is 0.190. The summed E-state index contributed by atoms with van der Waals surface area (Å²) >= 11 is 12.3. The Kier molecular flexibility index (Phi) is 5.67. The van der Waals surface area contributed by atoms with Crippen LogP contribution in [0, 0.1) is 0 Å². The Morgan fingerprint density at radius 2 is 1.72 bits per heavy atom. The average molecular weight is 430 g/mol. The van der Waals surface area contributed by atoms with Crippen molar-refractivity contribution in [2.75, 3.05) is 31.6 Å². The Labute approximate surface area is 177 Å². The van der Waals surface area contributed by atoms with E-state index < -0.39 is 5.91 Å². The molecule has 2 amide bonds. The van der Waals surface area contributed by atoms with Crippen molar-refractivity contribution in [2.45, 2.75) is 0 Å². The number of fused-ring (bicyclic) bond motifs is 1. The van der Waals surface area contributed by atoms with Crippen molar-refractivity contribution >= 4 is 51.6 Å². The molecule has 2 heterocycles. The Morgan fingerprint density at radius 3 is 2.45 bits per heavy atom. The summed E-state index contributed by atoms with van der Waals surface area (Å²) in [5.74, 6) is -0.511. The number of para-hydroxylation sites is 1. The zero-order valence-corrected chi connectivity index (χ0v) is 16.8. The van der Waals surface area contributed by atoms with E-state index in [-0.39, 0.29) is 21.5 Å². The molecule has 0 atom stereocenters. The molecule has 1 aliphatic rings. The Bertz CT molecular complexity index is 1080. The van der Waals surface area contributed by atoms with Gasteiger partial charge < -0.3 is 15.0 Å². The third-order valence-corrected chi connectivity index (χ3v) is 5.32. The summed E-state index contributed by atoms with van der Waals surface area (Å²) in [6.45, 7) is 2.19. The normalized spacial score (nSPS) is 14.1. The van der Waals surface area contributed by atoms with Crippen LogP contribution in [0.1, 0.15) is 20.7 Å². The number of benzene rings is 2. The number of nitrogens with one attached hydrogen (secondary N) is 1. The second kappa shape index (κ2) is 8.37. The largest absolute Gasteiger partial charge is 0.378 e. The van der Waals surface area contributed by atoms with Crippen molar-refractivity contribution < 1.29 is 14.3 Å². The standard InChI is InChI=1S/C21H17Cl2N3O3/c22-15-4-2-5-16(23)18(15)20(27)25-17-6-1-3-13-11-14(12-24-19(13)17)21(28)26-7-9-29-10-8-26/h1-6,11-12H,7-10H2,(H,25,27). The number of carbonyl (C=O) groups is 2. The molecular formula is C21H17Cl2N3O3. The molecule has 0 bridgehead atoms. The van der Waals surface area contributed by atoms with E-state index >= 15 is 0 Å². The summed E-state index contributed by atoms with van der Waals surface area (Å²) in [7, 11) is 0. The summed E-state index contributed by atoms with van der Waals surface area (Å²) in [5, 5.41) is 4.09. The van der Waals surface area contributed by atoms with E-state index in [0.717, 1.165) is 5.39 Å². The van der Waals surface area contributed by atoms with Gasteiger partial charge in [0.1, 0.15) is 0 Å². The number of hydrogen-bond acceptors (Lipinski definition) is 4. The minimum atomic E-state index is -0.427. The number of amides is 2. The molecule has 1 fully saturated rings. The van der Waals surface area contributed by atoms with Crippen LogP contribution in [0.15, 0.2) is 48.7 Å². The third-order valence-electron chi connectivity index (χ3n) is 4.69. The van der Waals surface area contributed by atoms with E-state index in [1.807, 2.05) is 6.07 Å². The average Bonchev–Trinajstić information content (AvgIpc) is 2.73. The maximum Gasteiger partial charge on any atom is 0.258 e. The van der Waals surface area contributed by atoms with Crippen molar-refractivity contribution in [3.63, 3.8) is 0 Å². The second-order valence-corrected chi connectivity index (χ2v) is 7.37. The predicted molar refractivity (Wildman–Crippen MR) is 113 cm³/mol. The third kappa shape index (κ3) is 4.05. The number of hydrogen-bond donors (Lipinski definition) is 1. The van der Waals surface area contributed by atoms with Gasteiger partial charge in [-0.25, -0.2) is 0 Å². The van der Waals surface area contributed by atoms with Gasteiger partial charge in [0, 0.05) is 24.7 Å². The number of pyridine rings is 1. The van der Waals surface area contributed by atoms with E-state index in [1.165, 1.54) is 6.20 Å². The van der Waals surface area contributed by atoms with Gasteiger partial charge in [0.25, 0.3) is 11.8 Å². The summed E-state index contributed by atoms with van der Waals surface area (Å²) in [6, 6.07) is 12.0. The van der Waals surface area contributed by atoms with Crippen molar-refractivity contribution in [3.8, 4) is 0 Å². The van der Waals surface area contributed by atoms with Crippen molar-refractivity contribution in [1.82, 2.24) is 9.88 Å². The molecule has 0 spiro atoms. The molecule has 0 saturated carbocycles. The molecule has 148 valence electrons. The smallest absolute Gasteiger partial charge is 0.258 e. The molecular weight excluding hydrogens is 413 g/mol. The first kappa shape index (κ1) is 19.6. The molecule has 8 heteroatoms. The quantitative estimate of drug-likeness (QED) is 0.674. The van der Waals surface area contributed by atoms with Gasteiger partial charge >= 0.3 is 0 Å². The first-order chi connectivity index (χ1) is 14.0. The van der Waals surface area contributed by atoms with Gasteiger partial charge in [-0.05, 0) is 24.3 Å². The van der Waals surface area contributed by atoms with E-state index in [0.29, 0.717) is 43.1 Å². The van der Waals surface area contributed by atoms with E-state index in [9.17, 15) is 9.59 Å². The van der Waals surface area contributed by atoms with Crippen LogP contribution in [0.25, 0.3) is 10.9 Å². The molecule has 6 nitrogen and oxygen atoms in total. The van der Waals surface area contributed by atoms with Crippen LogP contribution >= 0.6 is 23.2 Å². The lowest BCUT2D eigenvalue weighted by atomic mass is 10.1. The highest BCUT2D eigenvalue weighted by Crippen LogP contribution is 2.27. The molecule has 2 aromatic carbocycles. The van der Waals surface area contributed by atoms with Gasteiger partial charge in [-0.2, -0.15) is 0 Å². The summed E-state index contributed by atoms with van der Waals surface area (Å²) in [4.78, 5) is 31.6. The van der Waals surface area contributed by atoms with Crippen molar-refractivity contribution in [1.29, 1.82) is 0 Å². The molecule has 1 N–H and O–H groups in total. The van der Waals surface area contributed by atoms with Crippen LogP contribution in [0.4, 0.5) is 5.69 Å².